The SMILES string of the molecule is O=C1CO[C@@H]2CNCC[C@@]2(c2ccccc2)N1. The number of carbonyl (C=O) groups is 1. The van der Waals surface area contributed by atoms with Gasteiger partial charge in [0.25, 0.3) is 0 Å². The van der Waals surface area contributed by atoms with E-state index in [9.17, 15) is 4.79 Å². The Morgan fingerprint density at radius 1 is 1.29 bits per heavy atom. The molecule has 2 fully saturated rings. The zero-order valence-electron chi connectivity index (χ0n) is 9.61. The number of ether oxygens (including phenoxy) is 1. The van der Waals surface area contributed by atoms with E-state index in [0.29, 0.717) is 0 Å². The quantitative estimate of drug-likeness (QED) is 0.736. The van der Waals surface area contributed by atoms with E-state index in [1.54, 1.807) is 0 Å². The van der Waals surface area contributed by atoms with E-state index < -0.39 is 0 Å². The van der Waals surface area contributed by atoms with E-state index in [1.165, 1.54) is 0 Å². The van der Waals surface area contributed by atoms with Crippen molar-refractivity contribution in [3.8, 4) is 0 Å². The summed E-state index contributed by atoms with van der Waals surface area (Å²) in [5.74, 6) is -0.0213. The molecule has 4 heteroatoms. The van der Waals surface area contributed by atoms with E-state index in [-0.39, 0.29) is 24.2 Å². The fraction of sp³-hybridized carbons (Fsp3) is 0.462. The molecule has 0 saturated carbocycles. The van der Waals surface area contributed by atoms with Crippen LogP contribution in [-0.2, 0) is 15.1 Å². The number of piperidine rings is 1. The molecule has 1 aromatic carbocycles. The Balaban J connectivity index is 2.02. The molecule has 0 aromatic heterocycles. The number of hydrogen-bond donors (Lipinski definition) is 2. The second kappa shape index (κ2) is 4.13. The number of morpholine rings is 1. The molecule has 4 nitrogen and oxygen atoms in total. The maximum absolute atomic E-state index is 11.6. The molecule has 0 bridgehead atoms. The summed E-state index contributed by atoms with van der Waals surface area (Å²) >= 11 is 0. The highest BCUT2D eigenvalue weighted by Gasteiger charge is 2.47. The van der Waals surface area contributed by atoms with Crippen LogP contribution in [-0.4, -0.2) is 31.7 Å². The van der Waals surface area contributed by atoms with Gasteiger partial charge in [-0.3, -0.25) is 4.79 Å². The van der Waals surface area contributed by atoms with Crippen molar-refractivity contribution in [2.75, 3.05) is 19.7 Å². The molecule has 0 unspecified atom stereocenters. The van der Waals surface area contributed by atoms with E-state index >= 15 is 0 Å². The first-order valence-corrected chi connectivity index (χ1v) is 6.00. The predicted octanol–water partition coefficient (Wildman–Crippen LogP) is 0.390. The molecule has 3 rings (SSSR count). The molecule has 1 amide bonds. The summed E-state index contributed by atoms with van der Waals surface area (Å²) in [4.78, 5) is 11.6. The van der Waals surface area contributed by atoms with Gasteiger partial charge in [-0.25, -0.2) is 0 Å². The molecule has 2 aliphatic heterocycles. The number of amides is 1. The largest absolute Gasteiger partial charge is 0.364 e. The molecule has 0 spiro atoms. The monoisotopic (exact) mass is 232 g/mol. The van der Waals surface area contributed by atoms with Gasteiger partial charge in [0.05, 0.1) is 11.6 Å². The number of nitrogens with one attached hydrogen (secondary N) is 2. The topological polar surface area (TPSA) is 50.4 Å². The molecule has 0 radical (unpaired) electrons. The van der Waals surface area contributed by atoms with Crippen molar-refractivity contribution in [3.63, 3.8) is 0 Å². The van der Waals surface area contributed by atoms with Gasteiger partial charge in [-0.2, -0.15) is 0 Å². The third-order valence-corrected chi connectivity index (χ3v) is 3.64. The zero-order valence-corrected chi connectivity index (χ0v) is 9.61. The lowest BCUT2D eigenvalue weighted by molar-refractivity contribution is -0.147. The normalized spacial score (nSPS) is 32.7. The van der Waals surface area contributed by atoms with Crippen molar-refractivity contribution in [1.29, 1.82) is 0 Å². The molecule has 2 N–H and O–H groups in total. The predicted molar refractivity (Wildman–Crippen MR) is 63.5 cm³/mol. The minimum atomic E-state index is -0.345. The molecule has 2 atom stereocenters. The highest BCUT2D eigenvalue weighted by molar-refractivity contribution is 5.79. The summed E-state index contributed by atoms with van der Waals surface area (Å²) in [6.45, 7) is 1.85. The number of hydrogen-bond acceptors (Lipinski definition) is 3. The molecule has 2 aliphatic rings. The van der Waals surface area contributed by atoms with Gasteiger partial charge in [-0.1, -0.05) is 30.3 Å². The summed E-state index contributed by atoms with van der Waals surface area (Å²) in [6.07, 6.45) is 0.893. The number of rotatable bonds is 1. The van der Waals surface area contributed by atoms with Crippen LogP contribution < -0.4 is 10.6 Å². The van der Waals surface area contributed by atoms with Crippen LogP contribution >= 0.6 is 0 Å². The number of fused-ring (bicyclic) bond motifs is 1. The maximum Gasteiger partial charge on any atom is 0.246 e. The van der Waals surface area contributed by atoms with E-state index in [2.05, 4.69) is 22.8 Å². The first-order valence-electron chi connectivity index (χ1n) is 6.00. The van der Waals surface area contributed by atoms with Crippen LogP contribution in [0.5, 0.6) is 0 Å². The third-order valence-electron chi connectivity index (χ3n) is 3.64. The fourth-order valence-electron chi connectivity index (χ4n) is 2.80. The Kier molecular flexibility index (Phi) is 2.61. The van der Waals surface area contributed by atoms with Gasteiger partial charge in [0.2, 0.25) is 5.91 Å². The Bertz CT molecular complexity index is 421. The zero-order chi connectivity index (χ0) is 11.7. The Morgan fingerprint density at radius 2 is 2.12 bits per heavy atom. The summed E-state index contributed by atoms with van der Waals surface area (Å²) in [7, 11) is 0. The van der Waals surface area contributed by atoms with Crippen molar-refractivity contribution < 1.29 is 9.53 Å². The van der Waals surface area contributed by atoms with Gasteiger partial charge in [-0.15, -0.1) is 0 Å². The van der Waals surface area contributed by atoms with Crippen LogP contribution in [0, 0.1) is 0 Å². The highest BCUT2D eigenvalue weighted by atomic mass is 16.5. The number of benzene rings is 1. The van der Waals surface area contributed by atoms with Crippen LogP contribution in [0.4, 0.5) is 0 Å². The van der Waals surface area contributed by atoms with Crippen LogP contribution in [0.25, 0.3) is 0 Å². The molecular formula is C13H16N2O2. The molecule has 90 valence electrons. The van der Waals surface area contributed by atoms with Crippen molar-refractivity contribution in [2.24, 2.45) is 0 Å². The van der Waals surface area contributed by atoms with E-state index in [4.69, 9.17) is 4.74 Å². The molecular weight excluding hydrogens is 216 g/mol. The van der Waals surface area contributed by atoms with Gasteiger partial charge in [0, 0.05) is 6.54 Å². The summed E-state index contributed by atoms with van der Waals surface area (Å²) in [5.41, 5.74) is 0.793. The molecule has 17 heavy (non-hydrogen) atoms. The molecule has 2 saturated heterocycles. The average Bonchev–Trinajstić information content (AvgIpc) is 2.39. The van der Waals surface area contributed by atoms with Crippen LogP contribution in [0.3, 0.4) is 0 Å². The Labute approximate surface area is 100 Å². The van der Waals surface area contributed by atoms with Crippen molar-refractivity contribution >= 4 is 5.91 Å². The lowest BCUT2D eigenvalue weighted by Gasteiger charge is -2.47. The second-order valence-corrected chi connectivity index (χ2v) is 4.64. The van der Waals surface area contributed by atoms with Gasteiger partial charge < -0.3 is 15.4 Å². The average molecular weight is 232 g/mol. The minimum absolute atomic E-state index is 0.0213. The van der Waals surface area contributed by atoms with Gasteiger partial charge in [-0.05, 0) is 18.5 Å². The van der Waals surface area contributed by atoms with Crippen LogP contribution in [0.2, 0.25) is 0 Å². The van der Waals surface area contributed by atoms with Gasteiger partial charge in [0.1, 0.15) is 6.61 Å². The van der Waals surface area contributed by atoms with Crippen molar-refractivity contribution in [2.45, 2.75) is 18.1 Å². The molecule has 2 heterocycles. The van der Waals surface area contributed by atoms with Gasteiger partial charge in [0.15, 0.2) is 0 Å². The van der Waals surface area contributed by atoms with Gasteiger partial charge >= 0.3 is 0 Å². The first-order chi connectivity index (χ1) is 8.31. The fourth-order valence-corrected chi connectivity index (χ4v) is 2.80. The second-order valence-electron chi connectivity index (χ2n) is 4.64. The lowest BCUT2D eigenvalue weighted by atomic mass is 9.78. The molecule has 1 aromatic rings. The summed E-state index contributed by atoms with van der Waals surface area (Å²) < 4.78 is 5.68. The lowest BCUT2D eigenvalue weighted by Crippen LogP contribution is -2.66. The number of carbonyl (C=O) groups excluding carboxylic acids is 1. The molecule has 0 aliphatic carbocycles. The summed E-state index contributed by atoms with van der Waals surface area (Å²) in [6, 6.07) is 10.1. The Hall–Kier alpha value is -1.39. The van der Waals surface area contributed by atoms with Crippen molar-refractivity contribution in [3.05, 3.63) is 35.9 Å². The Morgan fingerprint density at radius 3 is 2.94 bits per heavy atom. The van der Waals surface area contributed by atoms with E-state index in [1.807, 2.05) is 18.2 Å². The minimum Gasteiger partial charge on any atom is -0.364 e. The summed E-state index contributed by atoms with van der Waals surface area (Å²) in [5, 5.41) is 6.46. The first kappa shape index (κ1) is 10.7. The third kappa shape index (κ3) is 1.73. The standard InChI is InChI=1S/C13H16N2O2/c16-12-9-17-11-8-14-7-6-13(11,15-12)10-4-2-1-3-5-10/h1-5,11,14H,6-9H2,(H,15,16)/t11-,13+/m1/s1. The highest BCUT2D eigenvalue weighted by Crippen LogP contribution is 2.34. The van der Waals surface area contributed by atoms with Crippen LogP contribution in [0.15, 0.2) is 30.3 Å². The van der Waals surface area contributed by atoms with Crippen LogP contribution in [0.1, 0.15) is 12.0 Å². The smallest absolute Gasteiger partial charge is 0.246 e. The van der Waals surface area contributed by atoms with Crippen molar-refractivity contribution in [1.82, 2.24) is 10.6 Å². The maximum atomic E-state index is 11.6. The van der Waals surface area contributed by atoms with E-state index in [0.717, 1.165) is 25.1 Å².